The third-order valence-electron chi connectivity index (χ3n) is 3.19. The number of hydrogen-bond donors (Lipinski definition) is 1. The van der Waals surface area contributed by atoms with Crippen molar-refractivity contribution in [2.75, 3.05) is 6.61 Å². The molecule has 1 aliphatic heterocycles. The number of halogens is 1. The normalized spacial score (nSPS) is 15.4. The highest BCUT2D eigenvalue weighted by Gasteiger charge is 2.31. The lowest BCUT2D eigenvalue weighted by molar-refractivity contribution is 0.333. The number of fused-ring (bicyclic) bond motifs is 1. The Morgan fingerprint density at radius 1 is 1.10 bits per heavy atom. The van der Waals surface area contributed by atoms with E-state index in [0.717, 1.165) is 0 Å². The third-order valence-corrected chi connectivity index (χ3v) is 5.05. The van der Waals surface area contributed by atoms with E-state index in [1.807, 2.05) is 0 Å². The molecule has 0 unspecified atom stereocenters. The second-order valence-corrected chi connectivity index (χ2v) is 6.49. The van der Waals surface area contributed by atoms with E-state index in [2.05, 4.69) is 0 Å². The Kier molecular flexibility index (Phi) is 3.17. The Bertz CT molecular complexity index is 841. The van der Waals surface area contributed by atoms with Crippen LogP contribution in [0.15, 0.2) is 52.3 Å². The molecule has 108 valence electrons. The summed E-state index contributed by atoms with van der Waals surface area (Å²) in [4.78, 5) is -0.0933. The summed E-state index contributed by atoms with van der Waals surface area (Å²) < 4.78 is 43.5. The Morgan fingerprint density at radius 2 is 1.86 bits per heavy atom. The minimum Gasteiger partial charge on any atom is -0.504 e. The molecule has 1 N–H and O–H groups in total. The molecule has 0 saturated heterocycles. The van der Waals surface area contributed by atoms with E-state index in [0.29, 0.717) is 0 Å². The Labute approximate surface area is 121 Å². The Morgan fingerprint density at radius 3 is 2.57 bits per heavy atom. The minimum absolute atomic E-state index is 0.0362. The zero-order valence-corrected chi connectivity index (χ0v) is 11.6. The number of aromatic hydroxyl groups is 1. The summed E-state index contributed by atoms with van der Waals surface area (Å²) in [6, 6.07) is 10.1. The molecule has 0 spiro atoms. The summed E-state index contributed by atoms with van der Waals surface area (Å²) in [6.07, 6.45) is 1.26. The quantitative estimate of drug-likeness (QED) is 0.947. The number of benzene rings is 2. The lowest BCUT2D eigenvalue weighted by Crippen LogP contribution is -2.09. The highest BCUT2D eigenvalue weighted by atomic mass is 32.2. The zero-order chi connectivity index (χ0) is 15.0. The summed E-state index contributed by atoms with van der Waals surface area (Å²) in [5, 5.41) is 9.58. The predicted molar refractivity (Wildman–Crippen MR) is 75.2 cm³/mol. The van der Waals surface area contributed by atoms with Crippen LogP contribution in [0.25, 0.3) is 6.08 Å². The molecule has 0 bridgehead atoms. The molecule has 21 heavy (non-hydrogen) atoms. The molecule has 6 heteroatoms. The Balaban J connectivity index is 1.90. The van der Waals surface area contributed by atoms with Gasteiger partial charge in [0.15, 0.2) is 11.5 Å². The number of phenols is 1. The van der Waals surface area contributed by atoms with Crippen LogP contribution >= 0.6 is 0 Å². The molecule has 1 aliphatic rings. The van der Waals surface area contributed by atoms with Crippen LogP contribution in [0.4, 0.5) is 4.39 Å². The third kappa shape index (κ3) is 2.27. The van der Waals surface area contributed by atoms with E-state index in [1.54, 1.807) is 12.1 Å². The fourth-order valence-electron chi connectivity index (χ4n) is 2.12. The first kappa shape index (κ1) is 13.6. The number of para-hydroxylation sites is 2. The van der Waals surface area contributed by atoms with Crippen LogP contribution in [-0.4, -0.2) is 20.1 Å². The molecule has 0 saturated carbocycles. The smallest absolute Gasteiger partial charge is 0.206 e. The van der Waals surface area contributed by atoms with Gasteiger partial charge in [0.1, 0.15) is 12.4 Å². The molecule has 3 rings (SSSR count). The van der Waals surface area contributed by atoms with E-state index >= 15 is 0 Å². The molecule has 4 nitrogen and oxygen atoms in total. The van der Waals surface area contributed by atoms with Crippen molar-refractivity contribution in [2.45, 2.75) is 4.90 Å². The lowest BCUT2D eigenvalue weighted by atomic mass is 10.2. The van der Waals surface area contributed by atoms with Crippen LogP contribution in [0.5, 0.6) is 11.5 Å². The standard InChI is InChI=1S/C15H11FO4S/c16-12-4-3-7-15-11(12)8-10(21(15,18)19)9-20-14-6-2-1-5-13(14)17/h1-8,17H,9H2. The molecular formula is C15H11FO4S. The zero-order valence-electron chi connectivity index (χ0n) is 10.8. The van der Waals surface area contributed by atoms with Crippen molar-refractivity contribution in [3.05, 3.63) is 58.8 Å². The first-order valence-electron chi connectivity index (χ1n) is 6.15. The van der Waals surface area contributed by atoms with Gasteiger partial charge in [-0.25, -0.2) is 12.8 Å². The summed E-state index contributed by atoms with van der Waals surface area (Å²) >= 11 is 0. The summed E-state index contributed by atoms with van der Waals surface area (Å²) in [5.74, 6) is -0.504. The number of ether oxygens (including phenoxy) is 1. The van der Waals surface area contributed by atoms with Gasteiger partial charge in [0.2, 0.25) is 9.84 Å². The number of rotatable bonds is 3. The SMILES string of the molecule is O=S1(=O)C(COc2ccccc2O)=Cc2c(F)cccc21. The Hall–Kier alpha value is -2.34. The molecule has 0 fully saturated rings. The second kappa shape index (κ2) is 4.89. The monoisotopic (exact) mass is 306 g/mol. The maximum atomic E-state index is 13.6. The first-order valence-corrected chi connectivity index (χ1v) is 7.63. The second-order valence-electron chi connectivity index (χ2n) is 4.52. The van der Waals surface area contributed by atoms with Crippen molar-refractivity contribution >= 4 is 15.9 Å². The summed E-state index contributed by atoms with van der Waals surface area (Å²) in [7, 11) is -3.74. The van der Waals surface area contributed by atoms with E-state index in [4.69, 9.17) is 4.74 Å². The largest absolute Gasteiger partial charge is 0.504 e. The van der Waals surface area contributed by atoms with Crippen LogP contribution in [0.2, 0.25) is 0 Å². The lowest BCUT2D eigenvalue weighted by Gasteiger charge is -2.08. The highest BCUT2D eigenvalue weighted by molar-refractivity contribution is 7.95. The molecule has 0 aromatic heterocycles. The van der Waals surface area contributed by atoms with Gasteiger partial charge in [-0.3, -0.25) is 0 Å². The van der Waals surface area contributed by atoms with Crippen molar-refractivity contribution in [3.63, 3.8) is 0 Å². The van der Waals surface area contributed by atoms with Crippen LogP contribution in [-0.2, 0) is 9.84 Å². The van der Waals surface area contributed by atoms with Crippen molar-refractivity contribution in [2.24, 2.45) is 0 Å². The van der Waals surface area contributed by atoms with E-state index in [-0.39, 0.29) is 33.5 Å². The molecule has 2 aromatic rings. The maximum absolute atomic E-state index is 13.6. The average molecular weight is 306 g/mol. The number of sulfone groups is 1. The molecule has 0 amide bonds. The highest BCUT2D eigenvalue weighted by Crippen LogP contribution is 2.35. The minimum atomic E-state index is -3.74. The van der Waals surface area contributed by atoms with Gasteiger partial charge in [0, 0.05) is 5.56 Å². The maximum Gasteiger partial charge on any atom is 0.206 e. The van der Waals surface area contributed by atoms with Gasteiger partial charge in [-0.2, -0.15) is 0 Å². The van der Waals surface area contributed by atoms with Crippen molar-refractivity contribution < 1.29 is 22.7 Å². The fourth-order valence-corrected chi connectivity index (χ4v) is 3.59. The van der Waals surface area contributed by atoms with Gasteiger partial charge < -0.3 is 9.84 Å². The molecular weight excluding hydrogens is 295 g/mol. The van der Waals surface area contributed by atoms with Gasteiger partial charge in [0.25, 0.3) is 0 Å². The molecule has 2 aromatic carbocycles. The number of hydrogen-bond acceptors (Lipinski definition) is 4. The van der Waals surface area contributed by atoms with Gasteiger partial charge in [-0.05, 0) is 30.3 Å². The van der Waals surface area contributed by atoms with Gasteiger partial charge in [-0.15, -0.1) is 0 Å². The topological polar surface area (TPSA) is 63.6 Å². The average Bonchev–Trinajstić information content (AvgIpc) is 2.71. The fraction of sp³-hybridized carbons (Fsp3) is 0.0667. The van der Waals surface area contributed by atoms with Crippen molar-refractivity contribution in [1.29, 1.82) is 0 Å². The molecule has 0 atom stereocenters. The predicted octanol–water partition coefficient (Wildman–Crippen LogP) is 2.74. The van der Waals surface area contributed by atoms with Crippen LogP contribution in [0.3, 0.4) is 0 Å². The van der Waals surface area contributed by atoms with E-state index < -0.39 is 15.7 Å². The van der Waals surface area contributed by atoms with Gasteiger partial charge in [0.05, 0.1) is 9.80 Å². The van der Waals surface area contributed by atoms with Crippen LogP contribution in [0.1, 0.15) is 5.56 Å². The molecule has 0 aliphatic carbocycles. The van der Waals surface area contributed by atoms with Crippen LogP contribution < -0.4 is 4.74 Å². The molecule has 0 radical (unpaired) electrons. The van der Waals surface area contributed by atoms with Crippen LogP contribution in [0, 0.1) is 5.82 Å². The number of phenolic OH excluding ortho intramolecular Hbond substituents is 1. The van der Waals surface area contributed by atoms with E-state index in [9.17, 15) is 17.9 Å². The van der Waals surface area contributed by atoms with E-state index in [1.165, 1.54) is 36.4 Å². The summed E-state index contributed by atoms with van der Waals surface area (Å²) in [6.45, 7) is -0.270. The van der Waals surface area contributed by atoms with Gasteiger partial charge in [-0.1, -0.05) is 18.2 Å². The first-order chi connectivity index (χ1) is 10.00. The van der Waals surface area contributed by atoms with Crippen molar-refractivity contribution in [1.82, 2.24) is 0 Å². The summed E-state index contributed by atoms with van der Waals surface area (Å²) in [5.41, 5.74) is 0.0494. The van der Waals surface area contributed by atoms with Gasteiger partial charge >= 0.3 is 0 Å². The van der Waals surface area contributed by atoms with Crippen molar-refractivity contribution in [3.8, 4) is 11.5 Å². The molecule has 1 heterocycles.